The van der Waals surface area contributed by atoms with Crippen molar-refractivity contribution in [2.45, 2.75) is 103 Å². The maximum atomic E-state index is 14.9. The second-order valence-corrected chi connectivity index (χ2v) is 16.6. The summed E-state index contributed by atoms with van der Waals surface area (Å²) in [4.78, 5) is 53.7. The van der Waals surface area contributed by atoms with E-state index in [1.165, 1.54) is 0 Å². The Balaban J connectivity index is 1.52. The van der Waals surface area contributed by atoms with Crippen LogP contribution in [0, 0.1) is 11.3 Å². The smallest absolute Gasteiger partial charge is 0.252 e. The number of aliphatic hydroxyl groups excluding tert-OH is 1. The number of hydrogen-bond acceptors (Lipinski definition) is 6. The standard InChI is InChI=1S/C37H56ClN5O4/c1-25-8-14-28(15-9-25)43(35(47)37(5,6)24-44)29-20-32(34(46)40-18-16-39(7)17-19-40)42(21-29)33(45)31-23-41(36(2,3)4)22-30(31)26-10-12-27(38)13-11-26/h10-13,23,25,28-30,32,44H,8-9,14-22,24H2,1-7H3/t25?,28?,29-,30+,32+/m0/s1. The van der Waals surface area contributed by atoms with Crippen molar-refractivity contribution in [1.82, 2.24) is 24.5 Å². The maximum Gasteiger partial charge on any atom is 0.252 e. The van der Waals surface area contributed by atoms with Gasteiger partial charge in [0.25, 0.3) is 5.91 Å². The van der Waals surface area contributed by atoms with Crippen LogP contribution in [0.1, 0.15) is 85.1 Å². The molecule has 3 fully saturated rings. The highest BCUT2D eigenvalue weighted by atomic mass is 35.5. The maximum absolute atomic E-state index is 14.9. The lowest BCUT2D eigenvalue weighted by Gasteiger charge is -2.43. The summed E-state index contributed by atoms with van der Waals surface area (Å²) in [6.07, 6.45) is 6.24. The number of benzene rings is 1. The number of amides is 3. The summed E-state index contributed by atoms with van der Waals surface area (Å²) in [5, 5.41) is 10.9. The van der Waals surface area contributed by atoms with Crippen molar-refractivity contribution in [2.24, 2.45) is 11.3 Å². The average molecular weight is 670 g/mol. The minimum atomic E-state index is -0.960. The molecule has 1 saturated carbocycles. The number of rotatable bonds is 7. The molecule has 0 spiro atoms. The molecule has 47 heavy (non-hydrogen) atoms. The van der Waals surface area contributed by atoms with Crippen molar-refractivity contribution in [3.63, 3.8) is 0 Å². The van der Waals surface area contributed by atoms with Gasteiger partial charge in [0.1, 0.15) is 6.04 Å². The molecule has 3 heterocycles. The monoisotopic (exact) mass is 669 g/mol. The number of halogens is 1. The molecule has 1 aromatic rings. The molecule has 3 aliphatic heterocycles. The summed E-state index contributed by atoms with van der Waals surface area (Å²) < 4.78 is 0. The van der Waals surface area contributed by atoms with Gasteiger partial charge in [-0.25, -0.2) is 0 Å². The van der Waals surface area contributed by atoms with Crippen LogP contribution >= 0.6 is 11.6 Å². The largest absolute Gasteiger partial charge is 0.395 e. The van der Waals surface area contributed by atoms with E-state index in [0.717, 1.165) is 44.3 Å². The van der Waals surface area contributed by atoms with Gasteiger partial charge in [0.15, 0.2) is 0 Å². The van der Waals surface area contributed by atoms with Gasteiger partial charge in [0, 0.05) is 73.6 Å². The number of carbonyl (C=O) groups excluding carboxylic acids is 3. The molecule has 0 bridgehead atoms. The molecule has 5 rings (SSSR count). The molecule has 0 aromatic heterocycles. The van der Waals surface area contributed by atoms with Gasteiger partial charge in [-0.1, -0.05) is 30.7 Å². The molecule has 1 aliphatic carbocycles. The lowest BCUT2D eigenvalue weighted by Crippen LogP contribution is -2.54. The number of likely N-dealkylation sites (N-methyl/N-ethyl adjacent to an activating group) is 1. The van der Waals surface area contributed by atoms with E-state index in [-0.39, 0.29) is 47.9 Å². The molecular weight excluding hydrogens is 614 g/mol. The fourth-order valence-corrected chi connectivity index (χ4v) is 7.83. The van der Waals surface area contributed by atoms with Gasteiger partial charge in [-0.2, -0.15) is 0 Å². The summed E-state index contributed by atoms with van der Waals surface area (Å²) in [5.41, 5.74) is 0.514. The Bertz CT molecular complexity index is 1320. The molecule has 2 saturated heterocycles. The Morgan fingerprint density at radius 3 is 2.11 bits per heavy atom. The van der Waals surface area contributed by atoms with Crippen LogP contribution in [0.2, 0.25) is 5.02 Å². The van der Waals surface area contributed by atoms with Crippen LogP contribution in [0.4, 0.5) is 0 Å². The normalized spacial score (nSPS) is 27.6. The molecule has 0 unspecified atom stereocenters. The molecule has 0 radical (unpaired) electrons. The third-order valence-corrected chi connectivity index (χ3v) is 11.3. The van der Waals surface area contributed by atoms with E-state index in [0.29, 0.717) is 49.1 Å². The number of likely N-dealkylation sites (tertiary alicyclic amines) is 1. The first-order valence-electron chi connectivity index (χ1n) is 17.6. The van der Waals surface area contributed by atoms with Crippen LogP contribution in [0.3, 0.4) is 0 Å². The molecular formula is C37H56ClN5O4. The molecule has 3 amide bonds. The van der Waals surface area contributed by atoms with Gasteiger partial charge in [0.05, 0.1) is 18.1 Å². The zero-order chi connectivity index (χ0) is 34.3. The Morgan fingerprint density at radius 2 is 1.53 bits per heavy atom. The second-order valence-electron chi connectivity index (χ2n) is 16.2. The van der Waals surface area contributed by atoms with Gasteiger partial charge in [-0.05, 0) is 97.4 Å². The van der Waals surface area contributed by atoms with Crippen LogP contribution < -0.4 is 0 Å². The highest BCUT2D eigenvalue weighted by Gasteiger charge is 2.50. The van der Waals surface area contributed by atoms with Crippen molar-refractivity contribution < 1.29 is 19.5 Å². The first-order chi connectivity index (χ1) is 22.1. The number of aliphatic hydroxyl groups is 1. The Morgan fingerprint density at radius 1 is 0.915 bits per heavy atom. The molecule has 260 valence electrons. The number of carbonyl (C=O) groups is 3. The van der Waals surface area contributed by atoms with Crippen LogP contribution in [0.15, 0.2) is 36.0 Å². The first kappa shape index (κ1) is 35.7. The molecule has 1 N–H and O–H groups in total. The zero-order valence-corrected chi connectivity index (χ0v) is 30.3. The van der Waals surface area contributed by atoms with Crippen LogP contribution in [0.5, 0.6) is 0 Å². The number of nitrogens with zero attached hydrogens (tertiary/aromatic N) is 5. The third kappa shape index (κ3) is 7.67. The van der Waals surface area contributed by atoms with Gasteiger partial charge in [-0.3, -0.25) is 14.4 Å². The van der Waals surface area contributed by atoms with E-state index < -0.39 is 11.5 Å². The van der Waals surface area contributed by atoms with E-state index in [4.69, 9.17) is 11.6 Å². The Labute approximate surface area is 286 Å². The number of piperazine rings is 1. The second kappa shape index (κ2) is 14.1. The fourth-order valence-electron chi connectivity index (χ4n) is 7.70. The topological polar surface area (TPSA) is 87.6 Å². The fraction of sp³-hybridized carbons (Fsp3) is 0.703. The minimum Gasteiger partial charge on any atom is -0.395 e. The van der Waals surface area contributed by atoms with Crippen molar-refractivity contribution in [1.29, 1.82) is 0 Å². The third-order valence-electron chi connectivity index (χ3n) is 11.1. The van der Waals surface area contributed by atoms with E-state index in [1.807, 2.05) is 40.3 Å². The zero-order valence-electron chi connectivity index (χ0n) is 29.5. The SMILES string of the molecule is CC1CCC(N(C(=O)C(C)(C)CO)[C@H]2C[C@H](C(=O)N3CCN(C)CC3)N(C(=O)C3=CN(C(C)(C)C)C[C@@H]3c3ccc(Cl)cc3)C2)CC1. The summed E-state index contributed by atoms with van der Waals surface area (Å²) in [6, 6.07) is 6.74. The quantitative estimate of drug-likeness (QED) is 0.457. The van der Waals surface area contributed by atoms with Crippen LogP contribution in [-0.2, 0) is 14.4 Å². The van der Waals surface area contributed by atoms with Crippen molar-refractivity contribution in [2.75, 3.05) is 52.9 Å². The predicted molar refractivity (Wildman–Crippen MR) is 186 cm³/mol. The molecule has 3 atom stereocenters. The molecule has 9 nitrogen and oxygen atoms in total. The van der Waals surface area contributed by atoms with Gasteiger partial charge in [-0.15, -0.1) is 0 Å². The lowest BCUT2D eigenvalue weighted by molar-refractivity contribution is -0.149. The number of hydrogen-bond donors (Lipinski definition) is 1. The Kier molecular flexibility index (Phi) is 10.7. The van der Waals surface area contributed by atoms with Crippen LogP contribution in [-0.4, -0.2) is 124 Å². The van der Waals surface area contributed by atoms with E-state index in [9.17, 15) is 19.5 Å². The summed E-state index contributed by atoms with van der Waals surface area (Å²) in [7, 11) is 2.06. The van der Waals surface area contributed by atoms with Crippen molar-refractivity contribution >= 4 is 29.3 Å². The minimum absolute atomic E-state index is 0.0212. The van der Waals surface area contributed by atoms with E-state index >= 15 is 0 Å². The Hall–Kier alpha value is -2.62. The van der Waals surface area contributed by atoms with Crippen LogP contribution in [0.25, 0.3) is 0 Å². The van der Waals surface area contributed by atoms with Gasteiger partial charge >= 0.3 is 0 Å². The highest BCUT2D eigenvalue weighted by molar-refractivity contribution is 6.30. The van der Waals surface area contributed by atoms with Gasteiger partial charge in [0.2, 0.25) is 11.8 Å². The van der Waals surface area contributed by atoms with Gasteiger partial charge < -0.3 is 29.6 Å². The summed E-state index contributed by atoms with van der Waals surface area (Å²) in [5.74, 6) is 0.158. The van der Waals surface area contributed by atoms with Crippen molar-refractivity contribution in [3.05, 3.63) is 46.6 Å². The molecule has 1 aromatic carbocycles. The highest BCUT2D eigenvalue weighted by Crippen LogP contribution is 2.40. The lowest BCUT2D eigenvalue weighted by atomic mass is 9.83. The molecule has 4 aliphatic rings. The first-order valence-corrected chi connectivity index (χ1v) is 17.9. The predicted octanol–water partition coefficient (Wildman–Crippen LogP) is 4.59. The summed E-state index contributed by atoms with van der Waals surface area (Å²) >= 11 is 6.25. The van der Waals surface area contributed by atoms with E-state index in [1.54, 1.807) is 18.7 Å². The van der Waals surface area contributed by atoms with Crippen molar-refractivity contribution in [3.8, 4) is 0 Å². The average Bonchev–Trinajstić information content (AvgIpc) is 3.68. The van der Waals surface area contributed by atoms with E-state index in [2.05, 4.69) is 44.5 Å². The molecule has 10 heteroatoms. The summed E-state index contributed by atoms with van der Waals surface area (Å²) in [6.45, 7) is 15.7.